The van der Waals surface area contributed by atoms with Gasteiger partial charge in [0.25, 0.3) is 0 Å². The Morgan fingerprint density at radius 3 is 3.29 bits per heavy atom. The summed E-state index contributed by atoms with van der Waals surface area (Å²) in [5.41, 5.74) is 0.340. The number of rotatable bonds is 4. The number of aromatic amines is 1. The van der Waals surface area contributed by atoms with E-state index in [4.69, 9.17) is 4.74 Å². The molecule has 1 aromatic heterocycles. The molecule has 78 valence electrons. The molecule has 3 N–H and O–H groups in total. The Labute approximate surface area is 82.5 Å². The molecule has 5 heteroatoms. The van der Waals surface area contributed by atoms with Gasteiger partial charge in [0.15, 0.2) is 0 Å². The topological polar surface area (TPSA) is 70.2 Å². The molecule has 0 spiro atoms. The van der Waals surface area contributed by atoms with Gasteiger partial charge in [0.05, 0.1) is 12.9 Å². The summed E-state index contributed by atoms with van der Waals surface area (Å²) >= 11 is 0. The summed E-state index contributed by atoms with van der Waals surface area (Å²) in [5, 5.41) is 13.1. The lowest BCUT2D eigenvalue weighted by molar-refractivity contribution is 0.0268. The molecule has 0 saturated carbocycles. The van der Waals surface area contributed by atoms with E-state index in [0.717, 1.165) is 5.69 Å². The number of aromatic nitrogens is 2. The number of H-pyrrole nitrogens is 1. The molecule has 1 fully saturated rings. The zero-order valence-corrected chi connectivity index (χ0v) is 7.99. The average Bonchev–Trinajstić information content (AvgIpc) is 2.77. The van der Waals surface area contributed by atoms with E-state index in [-0.39, 0.29) is 0 Å². The molecule has 1 aliphatic heterocycles. The lowest BCUT2D eigenvalue weighted by atomic mass is 10.0. The van der Waals surface area contributed by atoms with E-state index < -0.39 is 5.60 Å². The molecule has 1 saturated heterocycles. The van der Waals surface area contributed by atoms with Gasteiger partial charge in [0.1, 0.15) is 5.60 Å². The average molecular weight is 197 g/mol. The van der Waals surface area contributed by atoms with Gasteiger partial charge in [0, 0.05) is 38.0 Å². The number of ether oxygens (including phenoxy) is 1. The molecule has 2 heterocycles. The molecule has 1 aromatic rings. The van der Waals surface area contributed by atoms with Crippen molar-refractivity contribution in [1.29, 1.82) is 0 Å². The SMILES string of the molecule is OC1(CNCc2cnc[nH]2)CCOC1. The van der Waals surface area contributed by atoms with Crippen molar-refractivity contribution >= 4 is 0 Å². The predicted octanol–water partition coefficient (Wildman–Crippen LogP) is -0.349. The van der Waals surface area contributed by atoms with Gasteiger partial charge in [-0.05, 0) is 0 Å². The summed E-state index contributed by atoms with van der Waals surface area (Å²) in [5.74, 6) is 0. The Kier molecular flexibility index (Phi) is 2.81. The fourth-order valence-corrected chi connectivity index (χ4v) is 1.55. The van der Waals surface area contributed by atoms with Crippen LogP contribution in [0.2, 0.25) is 0 Å². The van der Waals surface area contributed by atoms with Gasteiger partial charge in [-0.3, -0.25) is 0 Å². The van der Waals surface area contributed by atoms with Crippen LogP contribution >= 0.6 is 0 Å². The van der Waals surface area contributed by atoms with Crippen molar-refractivity contribution in [3.8, 4) is 0 Å². The fraction of sp³-hybridized carbons (Fsp3) is 0.667. The largest absolute Gasteiger partial charge is 0.386 e. The first kappa shape index (κ1) is 9.64. The lowest BCUT2D eigenvalue weighted by Gasteiger charge is -2.20. The van der Waals surface area contributed by atoms with Crippen molar-refractivity contribution in [3.63, 3.8) is 0 Å². The maximum Gasteiger partial charge on any atom is 0.103 e. The van der Waals surface area contributed by atoms with Crippen molar-refractivity contribution in [1.82, 2.24) is 15.3 Å². The molecule has 5 nitrogen and oxygen atoms in total. The highest BCUT2D eigenvalue weighted by molar-refractivity contribution is 4.94. The van der Waals surface area contributed by atoms with Crippen LogP contribution in [-0.4, -0.2) is 40.4 Å². The highest BCUT2D eigenvalue weighted by Crippen LogP contribution is 2.16. The van der Waals surface area contributed by atoms with Crippen LogP contribution in [0.1, 0.15) is 12.1 Å². The second-order valence-corrected chi connectivity index (χ2v) is 3.71. The molecule has 1 atom stereocenters. The zero-order valence-electron chi connectivity index (χ0n) is 7.99. The number of nitrogens with zero attached hydrogens (tertiary/aromatic N) is 1. The van der Waals surface area contributed by atoms with Crippen LogP contribution in [0.3, 0.4) is 0 Å². The van der Waals surface area contributed by atoms with Crippen LogP contribution < -0.4 is 5.32 Å². The highest BCUT2D eigenvalue weighted by atomic mass is 16.5. The minimum Gasteiger partial charge on any atom is -0.386 e. The number of imidazole rings is 1. The van der Waals surface area contributed by atoms with E-state index in [1.165, 1.54) is 0 Å². The summed E-state index contributed by atoms with van der Waals surface area (Å²) in [6.45, 7) is 2.35. The van der Waals surface area contributed by atoms with Crippen molar-refractivity contribution in [3.05, 3.63) is 18.2 Å². The lowest BCUT2D eigenvalue weighted by Crippen LogP contribution is -2.40. The van der Waals surface area contributed by atoms with E-state index >= 15 is 0 Å². The van der Waals surface area contributed by atoms with Gasteiger partial charge in [-0.25, -0.2) is 4.98 Å². The van der Waals surface area contributed by atoms with Crippen molar-refractivity contribution in [2.75, 3.05) is 19.8 Å². The molecule has 0 amide bonds. The summed E-state index contributed by atoms with van der Waals surface area (Å²) in [7, 11) is 0. The summed E-state index contributed by atoms with van der Waals surface area (Å²) in [6, 6.07) is 0. The predicted molar refractivity (Wildman–Crippen MR) is 50.7 cm³/mol. The van der Waals surface area contributed by atoms with E-state index in [1.807, 2.05) is 0 Å². The highest BCUT2D eigenvalue weighted by Gasteiger charge is 2.31. The van der Waals surface area contributed by atoms with Crippen LogP contribution in [0.4, 0.5) is 0 Å². The van der Waals surface area contributed by atoms with Crippen molar-refractivity contribution < 1.29 is 9.84 Å². The summed E-state index contributed by atoms with van der Waals surface area (Å²) in [6.07, 6.45) is 4.12. The molecule has 14 heavy (non-hydrogen) atoms. The molecule has 0 bridgehead atoms. The Morgan fingerprint density at radius 2 is 2.64 bits per heavy atom. The van der Waals surface area contributed by atoms with E-state index in [1.54, 1.807) is 12.5 Å². The summed E-state index contributed by atoms with van der Waals surface area (Å²) in [4.78, 5) is 6.90. The molecule has 0 radical (unpaired) electrons. The van der Waals surface area contributed by atoms with Gasteiger partial charge in [-0.15, -0.1) is 0 Å². The van der Waals surface area contributed by atoms with E-state index in [0.29, 0.717) is 32.7 Å². The van der Waals surface area contributed by atoms with Gasteiger partial charge in [0.2, 0.25) is 0 Å². The summed E-state index contributed by atoms with van der Waals surface area (Å²) < 4.78 is 5.14. The Morgan fingerprint density at radius 1 is 1.71 bits per heavy atom. The third kappa shape index (κ3) is 2.31. The van der Waals surface area contributed by atoms with E-state index in [9.17, 15) is 5.11 Å². The molecular formula is C9H15N3O2. The normalized spacial score (nSPS) is 26.9. The van der Waals surface area contributed by atoms with Crippen LogP contribution in [-0.2, 0) is 11.3 Å². The van der Waals surface area contributed by atoms with Crippen molar-refractivity contribution in [2.45, 2.75) is 18.6 Å². The minimum absolute atomic E-state index is 0.434. The Bertz CT molecular complexity index is 268. The first-order valence-corrected chi connectivity index (χ1v) is 4.77. The third-order valence-corrected chi connectivity index (χ3v) is 2.41. The van der Waals surface area contributed by atoms with Crippen LogP contribution in [0.15, 0.2) is 12.5 Å². The molecule has 1 unspecified atom stereocenters. The number of hydrogen-bond donors (Lipinski definition) is 3. The Balaban J connectivity index is 1.72. The molecule has 2 rings (SSSR count). The maximum absolute atomic E-state index is 9.91. The first-order chi connectivity index (χ1) is 6.79. The smallest absolute Gasteiger partial charge is 0.103 e. The van der Waals surface area contributed by atoms with Gasteiger partial charge in [-0.1, -0.05) is 0 Å². The fourth-order valence-electron chi connectivity index (χ4n) is 1.55. The second-order valence-electron chi connectivity index (χ2n) is 3.71. The molecule has 0 aromatic carbocycles. The number of nitrogens with one attached hydrogen (secondary N) is 2. The quantitative estimate of drug-likeness (QED) is 0.617. The number of aliphatic hydroxyl groups is 1. The van der Waals surface area contributed by atoms with Crippen LogP contribution in [0, 0.1) is 0 Å². The van der Waals surface area contributed by atoms with Crippen molar-refractivity contribution in [2.24, 2.45) is 0 Å². The van der Waals surface area contributed by atoms with Crippen LogP contribution in [0.25, 0.3) is 0 Å². The first-order valence-electron chi connectivity index (χ1n) is 4.77. The van der Waals surface area contributed by atoms with Crippen LogP contribution in [0.5, 0.6) is 0 Å². The molecule has 1 aliphatic rings. The molecular weight excluding hydrogens is 182 g/mol. The zero-order chi connectivity index (χ0) is 9.86. The standard InChI is InChI=1S/C9H15N3O2/c13-9(1-2-14-6-9)5-10-3-8-4-11-7-12-8/h4,7,10,13H,1-3,5-6H2,(H,11,12). The van der Waals surface area contributed by atoms with Gasteiger partial charge >= 0.3 is 0 Å². The second kappa shape index (κ2) is 4.08. The Hall–Kier alpha value is -0.910. The minimum atomic E-state index is -0.681. The maximum atomic E-state index is 9.91. The monoisotopic (exact) mass is 197 g/mol. The third-order valence-electron chi connectivity index (χ3n) is 2.41. The van der Waals surface area contributed by atoms with Gasteiger partial charge in [-0.2, -0.15) is 0 Å². The van der Waals surface area contributed by atoms with E-state index in [2.05, 4.69) is 15.3 Å². The van der Waals surface area contributed by atoms with Gasteiger partial charge < -0.3 is 20.1 Å². The molecule has 0 aliphatic carbocycles. The number of hydrogen-bond acceptors (Lipinski definition) is 4.